The van der Waals surface area contributed by atoms with Gasteiger partial charge in [-0.05, 0) is 37.3 Å². The molecule has 0 radical (unpaired) electrons. The van der Waals surface area contributed by atoms with Gasteiger partial charge in [0, 0.05) is 62.4 Å². The van der Waals surface area contributed by atoms with Gasteiger partial charge in [-0.1, -0.05) is 12.8 Å². The third-order valence-corrected chi connectivity index (χ3v) is 5.90. The molecule has 4 heterocycles. The number of aromatic nitrogens is 4. The molecule has 3 aromatic heterocycles. The topological polar surface area (TPSA) is 95.9 Å². The Morgan fingerprint density at radius 1 is 1.23 bits per heavy atom. The van der Waals surface area contributed by atoms with Crippen molar-refractivity contribution >= 4 is 22.7 Å². The summed E-state index contributed by atoms with van der Waals surface area (Å²) < 4.78 is 1.77. The average Bonchev–Trinajstić information content (AvgIpc) is 3.39. The number of rotatable bonds is 7. The van der Waals surface area contributed by atoms with Gasteiger partial charge >= 0.3 is 0 Å². The largest absolute Gasteiger partial charge is 0.351 e. The summed E-state index contributed by atoms with van der Waals surface area (Å²) in [6.07, 6.45) is 12.2. The molecule has 0 atom stereocenters. The Bertz CT molecular complexity index is 982. The number of hydrogen-bond donors (Lipinski definition) is 2. The average molecular weight is 409 g/mol. The number of aromatic amines is 1. The fourth-order valence-electron chi connectivity index (χ4n) is 4.09. The minimum absolute atomic E-state index is 0.0245. The number of piperidine rings is 1. The number of imidazole rings is 1. The highest BCUT2D eigenvalue weighted by Crippen LogP contribution is 2.23. The van der Waals surface area contributed by atoms with Crippen LogP contribution in [0.1, 0.15) is 53.2 Å². The highest BCUT2D eigenvalue weighted by atomic mass is 16.2. The number of carbonyl (C=O) groups excluding carboxylic acids is 2. The summed E-state index contributed by atoms with van der Waals surface area (Å²) in [5.74, 6) is 1.10. The first-order valence-electron chi connectivity index (χ1n) is 10.6. The van der Waals surface area contributed by atoms with E-state index in [1.54, 1.807) is 29.4 Å². The van der Waals surface area contributed by atoms with Crippen LogP contribution in [0.25, 0.3) is 10.9 Å². The lowest BCUT2D eigenvalue weighted by molar-refractivity contribution is 0.0670. The van der Waals surface area contributed by atoms with E-state index in [4.69, 9.17) is 0 Å². The first-order chi connectivity index (χ1) is 14.6. The van der Waals surface area contributed by atoms with Crippen molar-refractivity contribution in [1.29, 1.82) is 0 Å². The van der Waals surface area contributed by atoms with Crippen molar-refractivity contribution in [2.45, 2.75) is 32.1 Å². The predicted octanol–water partition coefficient (Wildman–Crippen LogP) is 2.75. The summed E-state index contributed by atoms with van der Waals surface area (Å²) in [6.45, 7) is 2.26. The molecule has 0 saturated carbocycles. The monoisotopic (exact) mass is 408 g/mol. The minimum Gasteiger partial charge on any atom is -0.351 e. The molecule has 2 N–H and O–H groups in total. The third-order valence-electron chi connectivity index (χ3n) is 5.90. The van der Waals surface area contributed by atoms with E-state index in [0.29, 0.717) is 24.0 Å². The number of hydrogen-bond acceptors (Lipinski definition) is 4. The molecular formula is C22H28N6O2. The second-order valence-corrected chi connectivity index (χ2v) is 7.99. The Hall–Kier alpha value is -3.16. The number of nitrogens with one attached hydrogen (secondary N) is 2. The van der Waals surface area contributed by atoms with E-state index in [1.165, 1.54) is 0 Å². The van der Waals surface area contributed by atoms with E-state index in [0.717, 1.165) is 56.1 Å². The highest BCUT2D eigenvalue weighted by Gasteiger charge is 2.25. The SMILES string of the molecule is Cn1ccnc1C(=O)N1CCC(CCCCNC(=O)c2cc3cnccc3[nH]2)CC1. The van der Waals surface area contributed by atoms with Gasteiger partial charge in [0.25, 0.3) is 11.8 Å². The molecular weight excluding hydrogens is 380 g/mol. The van der Waals surface area contributed by atoms with Crippen LogP contribution in [0.5, 0.6) is 0 Å². The van der Waals surface area contributed by atoms with Gasteiger partial charge in [0.2, 0.25) is 0 Å². The molecule has 0 bridgehead atoms. The van der Waals surface area contributed by atoms with Crippen LogP contribution in [-0.4, -0.2) is 55.9 Å². The number of fused-ring (bicyclic) bond motifs is 1. The maximum absolute atomic E-state index is 12.5. The van der Waals surface area contributed by atoms with Crippen LogP contribution in [0.4, 0.5) is 0 Å². The van der Waals surface area contributed by atoms with Gasteiger partial charge in [-0.25, -0.2) is 4.98 Å². The summed E-state index contributed by atoms with van der Waals surface area (Å²) in [6, 6.07) is 3.69. The number of aryl methyl sites for hydroxylation is 1. The molecule has 2 amide bonds. The normalized spacial score (nSPS) is 14.9. The Balaban J connectivity index is 1.13. The number of H-pyrrole nitrogens is 1. The lowest BCUT2D eigenvalue weighted by atomic mass is 9.91. The van der Waals surface area contributed by atoms with Gasteiger partial charge in [0.1, 0.15) is 5.69 Å². The zero-order valence-electron chi connectivity index (χ0n) is 17.3. The van der Waals surface area contributed by atoms with Crippen molar-refractivity contribution in [3.05, 3.63) is 48.4 Å². The standard InChI is InChI=1S/C22H28N6O2/c1-27-13-10-24-20(27)22(30)28-11-6-16(7-12-28)4-2-3-8-25-21(29)19-14-17-15-23-9-5-18(17)26-19/h5,9-10,13-16,26H,2-4,6-8,11-12H2,1H3,(H,25,29). The number of carbonyl (C=O) groups is 2. The predicted molar refractivity (Wildman–Crippen MR) is 114 cm³/mol. The molecule has 3 aromatic rings. The third kappa shape index (κ3) is 4.53. The molecule has 1 aliphatic rings. The molecule has 1 saturated heterocycles. The summed E-state index contributed by atoms with van der Waals surface area (Å²) >= 11 is 0. The molecule has 158 valence electrons. The van der Waals surface area contributed by atoms with Gasteiger partial charge in [-0.3, -0.25) is 14.6 Å². The first kappa shape index (κ1) is 20.1. The quantitative estimate of drug-likeness (QED) is 0.588. The minimum atomic E-state index is -0.0766. The molecule has 4 rings (SSSR count). The molecule has 1 fully saturated rings. The van der Waals surface area contributed by atoms with Gasteiger partial charge in [-0.15, -0.1) is 0 Å². The highest BCUT2D eigenvalue weighted by molar-refractivity contribution is 5.97. The number of pyridine rings is 1. The van der Waals surface area contributed by atoms with Crippen LogP contribution in [0.2, 0.25) is 0 Å². The lowest BCUT2D eigenvalue weighted by Gasteiger charge is -2.31. The van der Waals surface area contributed by atoms with Crippen molar-refractivity contribution in [3.63, 3.8) is 0 Å². The molecule has 1 aliphatic heterocycles. The fourth-order valence-corrected chi connectivity index (χ4v) is 4.09. The Morgan fingerprint density at radius 2 is 2.07 bits per heavy atom. The van der Waals surface area contributed by atoms with E-state index in [-0.39, 0.29) is 11.8 Å². The van der Waals surface area contributed by atoms with Gasteiger partial charge < -0.3 is 19.8 Å². The maximum atomic E-state index is 12.5. The smallest absolute Gasteiger partial charge is 0.289 e. The second kappa shape index (κ2) is 9.11. The Morgan fingerprint density at radius 3 is 2.80 bits per heavy atom. The van der Waals surface area contributed by atoms with Crippen LogP contribution < -0.4 is 5.32 Å². The first-order valence-corrected chi connectivity index (χ1v) is 10.6. The zero-order valence-corrected chi connectivity index (χ0v) is 17.3. The Labute approximate surface area is 175 Å². The van der Waals surface area contributed by atoms with Crippen LogP contribution in [-0.2, 0) is 7.05 Å². The van der Waals surface area contributed by atoms with E-state index >= 15 is 0 Å². The van der Waals surface area contributed by atoms with Crippen molar-refractivity contribution < 1.29 is 9.59 Å². The number of likely N-dealkylation sites (tertiary alicyclic amines) is 1. The molecule has 0 unspecified atom stereocenters. The molecule has 30 heavy (non-hydrogen) atoms. The van der Waals surface area contributed by atoms with Crippen LogP contribution in [0, 0.1) is 5.92 Å². The molecule has 8 heteroatoms. The van der Waals surface area contributed by atoms with Crippen LogP contribution >= 0.6 is 0 Å². The number of unbranched alkanes of at least 4 members (excludes halogenated alkanes) is 1. The summed E-state index contributed by atoms with van der Waals surface area (Å²) in [4.78, 5) is 38.1. The summed E-state index contributed by atoms with van der Waals surface area (Å²) in [5.41, 5.74) is 1.49. The molecule has 8 nitrogen and oxygen atoms in total. The van der Waals surface area contributed by atoms with E-state index in [1.807, 2.05) is 24.1 Å². The molecule has 0 aliphatic carbocycles. The fraction of sp³-hybridized carbons (Fsp3) is 0.455. The van der Waals surface area contributed by atoms with Crippen molar-refractivity contribution in [1.82, 2.24) is 29.7 Å². The van der Waals surface area contributed by atoms with E-state index < -0.39 is 0 Å². The summed E-state index contributed by atoms with van der Waals surface area (Å²) in [7, 11) is 1.85. The van der Waals surface area contributed by atoms with Crippen molar-refractivity contribution in [2.75, 3.05) is 19.6 Å². The van der Waals surface area contributed by atoms with Crippen molar-refractivity contribution in [2.24, 2.45) is 13.0 Å². The van der Waals surface area contributed by atoms with Gasteiger partial charge in [0.05, 0.1) is 0 Å². The van der Waals surface area contributed by atoms with Crippen molar-refractivity contribution in [3.8, 4) is 0 Å². The van der Waals surface area contributed by atoms with Crippen LogP contribution in [0.15, 0.2) is 36.9 Å². The van der Waals surface area contributed by atoms with Gasteiger partial charge in [0.15, 0.2) is 5.82 Å². The Kier molecular flexibility index (Phi) is 6.11. The maximum Gasteiger partial charge on any atom is 0.289 e. The zero-order chi connectivity index (χ0) is 20.9. The van der Waals surface area contributed by atoms with Crippen LogP contribution in [0.3, 0.4) is 0 Å². The molecule has 0 spiro atoms. The van der Waals surface area contributed by atoms with Gasteiger partial charge in [-0.2, -0.15) is 0 Å². The van der Waals surface area contributed by atoms with E-state index in [9.17, 15) is 9.59 Å². The van der Waals surface area contributed by atoms with E-state index in [2.05, 4.69) is 20.3 Å². The lowest BCUT2D eigenvalue weighted by Crippen LogP contribution is -2.39. The second-order valence-electron chi connectivity index (χ2n) is 7.99. The number of nitrogens with zero attached hydrogens (tertiary/aromatic N) is 4. The summed E-state index contributed by atoms with van der Waals surface area (Å²) in [5, 5.41) is 3.93. The molecule has 0 aromatic carbocycles. The number of amides is 2.